The standard InChI is InChI=1S/C18H19NO4/c1-13-7-3-6-10-17(13)23-12-14-8-4-5-9-15(14)16(18(20)21)11-19-22-2/h3-11,16H,12H2,1-2H3,(H,20,21)/b19-11+. The summed E-state index contributed by atoms with van der Waals surface area (Å²) in [6.07, 6.45) is 1.27. The van der Waals surface area contributed by atoms with E-state index in [4.69, 9.17) is 4.74 Å². The summed E-state index contributed by atoms with van der Waals surface area (Å²) in [6.45, 7) is 2.25. The third-order valence-corrected chi connectivity index (χ3v) is 3.45. The molecule has 2 rings (SSSR count). The van der Waals surface area contributed by atoms with Crippen LogP contribution in [0.4, 0.5) is 0 Å². The Balaban J connectivity index is 2.24. The molecule has 2 aromatic rings. The monoisotopic (exact) mass is 313 g/mol. The minimum absolute atomic E-state index is 0.283. The Hall–Kier alpha value is -2.82. The highest BCUT2D eigenvalue weighted by Crippen LogP contribution is 2.23. The van der Waals surface area contributed by atoms with Gasteiger partial charge in [-0.25, -0.2) is 0 Å². The highest BCUT2D eigenvalue weighted by Gasteiger charge is 2.21. The number of carboxylic acids is 1. The van der Waals surface area contributed by atoms with E-state index in [1.165, 1.54) is 13.3 Å². The zero-order chi connectivity index (χ0) is 16.7. The molecule has 0 aliphatic heterocycles. The fourth-order valence-electron chi connectivity index (χ4n) is 2.24. The minimum atomic E-state index is -0.992. The molecular formula is C18H19NO4. The first-order valence-corrected chi connectivity index (χ1v) is 7.19. The fourth-order valence-corrected chi connectivity index (χ4v) is 2.24. The maximum absolute atomic E-state index is 11.5. The average molecular weight is 313 g/mol. The van der Waals surface area contributed by atoms with E-state index in [9.17, 15) is 9.90 Å². The van der Waals surface area contributed by atoms with Gasteiger partial charge in [0.15, 0.2) is 0 Å². The summed E-state index contributed by atoms with van der Waals surface area (Å²) in [6, 6.07) is 15.0. The number of hydrogen-bond donors (Lipinski definition) is 1. The molecular weight excluding hydrogens is 294 g/mol. The molecule has 5 nitrogen and oxygen atoms in total. The highest BCUT2D eigenvalue weighted by atomic mass is 16.6. The lowest BCUT2D eigenvalue weighted by Crippen LogP contribution is -2.16. The number of carboxylic acid groups (broad SMARTS) is 1. The van der Waals surface area contributed by atoms with E-state index in [1.807, 2.05) is 43.3 Å². The molecule has 0 saturated heterocycles. The SMILES string of the molecule is CO/N=C/C(C(=O)O)c1ccccc1COc1ccccc1C. The number of aliphatic carboxylic acids is 1. The van der Waals surface area contributed by atoms with Crippen molar-refractivity contribution >= 4 is 12.2 Å². The Morgan fingerprint density at radius 3 is 2.61 bits per heavy atom. The van der Waals surface area contributed by atoms with Gasteiger partial charge in [0.2, 0.25) is 0 Å². The van der Waals surface area contributed by atoms with Crippen LogP contribution in [0.25, 0.3) is 0 Å². The molecule has 2 aromatic carbocycles. The molecule has 1 atom stereocenters. The number of rotatable bonds is 7. The molecule has 0 fully saturated rings. The molecule has 0 amide bonds. The third kappa shape index (κ3) is 4.32. The molecule has 0 aromatic heterocycles. The van der Waals surface area contributed by atoms with Crippen molar-refractivity contribution in [3.05, 3.63) is 65.2 Å². The topological polar surface area (TPSA) is 68.1 Å². The molecule has 0 radical (unpaired) electrons. The van der Waals surface area contributed by atoms with Gasteiger partial charge in [-0.05, 0) is 29.7 Å². The largest absolute Gasteiger partial charge is 0.489 e. The summed E-state index contributed by atoms with van der Waals surface area (Å²) >= 11 is 0. The van der Waals surface area contributed by atoms with E-state index in [0.29, 0.717) is 5.56 Å². The number of aryl methyl sites for hydroxylation is 1. The van der Waals surface area contributed by atoms with Crippen LogP contribution in [0.15, 0.2) is 53.7 Å². The quantitative estimate of drug-likeness (QED) is 0.628. The number of hydrogen-bond acceptors (Lipinski definition) is 4. The van der Waals surface area contributed by atoms with Crippen molar-refractivity contribution in [3.8, 4) is 5.75 Å². The normalized spacial score (nSPS) is 12.1. The van der Waals surface area contributed by atoms with Crippen molar-refractivity contribution in [2.75, 3.05) is 7.11 Å². The Kier molecular flexibility index (Phi) is 5.74. The molecule has 0 spiro atoms. The van der Waals surface area contributed by atoms with Crippen molar-refractivity contribution in [2.45, 2.75) is 19.4 Å². The Labute approximate surface area is 135 Å². The first-order valence-electron chi connectivity index (χ1n) is 7.19. The van der Waals surface area contributed by atoms with Crippen molar-refractivity contribution in [3.63, 3.8) is 0 Å². The van der Waals surface area contributed by atoms with Gasteiger partial charge < -0.3 is 14.7 Å². The first kappa shape index (κ1) is 16.5. The highest BCUT2D eigenvalue weighted by molar-refractivity contribution is 5.95. The summed E-state index contributed by atoms with van der Waals surface area (Å²) in [7, 11) is 1.38. The first-order chi connectivity index (χ1) is 11.1. The summed E-state index contributed by atoms with van der Waals surface area (Å²) in [5.74, 6) is -1.10. The Morgan fingerprint density at radius 2 is 1.91 bits per heavy atom. The zero-order valence-electron chi connectivity index (χ0n) is 13.1. The van der Waals surface area contributed by atoms with Crippen LogP contribution in [0.1, 0.15) is 22.6 Å². The predicted molar refractivity (Wildman–Crippen MR) is 87.8 cm³/mol. The maximum atomic E-state index is 11.5. The second kappa shape index (κ2) is 7.98. The maximum Gasteiger partial charge on any atom is 0.316 e. The minimum Gasteiger partial charge on any atom is -0.489 e. The van der Waals surface area contributed by atoms with Gasteiger partial charge in [0.25, 0.3) is 0 Å². The van der Waals surface area contributed by atoms with E-state index >= 15 is 0 Å². The lowest BCUT2D eigenvalue weighted by molar-refractivity contribution is -0.137. The molecule has 0 saturated carbocycles. The summed E-state index contributed by atoms with van der Waals surface area (Å²) < 4.78 is 5.83. The van der Waals surface area contributed by atoms with Crippen LogP contribution in [-0.4, -0.2) is 24.4 Å². The van der Waals surface area contributed by atoms with Gasteiger partial charge >= 0.3 is 5.97 Å². The smallest absolute Gasteiger partial charge is 0.316 e. The summed E-state index contributed by atoms with van der Waals surface area (Å²) in [4.78, 5) is 16.1. The van der Waals surface area contributed by atoms with Crippen LogP contribution in [-0.2, 0) is 16.2 Å². The number of ether oxygens (including phenoxy) is 1. The van der Waals surface area contributed by atoms with Gasteiger partial charge in [-0.1, -0.05) is 47.6 Å². The van der Waals surface area contributed by atoms with Crippen molar-refractivity contribution in [1.82, 2.24) is 0 Å². The van der Waals surface area contributed by atoms with Crippen LogP contribution in [0.2, 0.25) is 0 Å². The van der Waals surface area contributed by atoms with E-state index in [0.717, 1.165) is 16.9 Å². The van der Waals surface area contributed by atoms with E-state index in [2.05, 4.69) is 9.99 Å². The predicted octanol–water partition coefficient (Wildman–Crippen LogP) is 3.37. The van der Waals surface area contributed by atoms with Crippen LogP contribution < -0.4 is 4.74 Å². The van der Waals surface area contributed by atoms with Crippen molar-refractivity contribution in [1.29, 1.82) is 0 Å². The van der Waals surface area contributed by atoms with E-state index in [1.54, 1.807) is 12.1 Å². The fraction of sp³-hybridized carbons (Fsp3) is 0.222. The van der Waals surface area contributed by atoms with Gasteiger partial charge in [0.05, 0.1) is 6.21 Å². The second-order valence-corrected chi connectivity index (χ2v) is 5.01. The Bertz CT molecular complexity index is 697. The van der Waals surface area contributed by atoms with E-state index < -0.39 is 11.9 Å². The van der Waals surface area contributed by atoms with Crippen molar-refractivity contribution in [2.24, 2.45) is 5.16 Å². The number of oxime groups is 1. The zero-order valence-corrected chi connectivity index (χ0v) is 13.1. The number of nitrogens with zero attached hydrogens (tertiary/aromatic N) is 1. The molecule has 120 valence electrons. The molecule has 0 heterocycles. The molecule has 0 aliphatic carbocycles. The molecule has 1 N–H and O–H groups in total. The molecule has 1 unspecified atom stereocenters. The van der Waals surface area contributed by atoms with Crippen LogP contribution in [0, 0.1) is 6.92 Å². The van der Waals surface area contributed by atoms with E-state index in [-0.39, 0.29) is 6.61 Å². The molecule has 23 heavy (non-hydrogen) atoms. The molecule has 0 aliphatic rings. The lowest BCUT2D eigenvalue weighted by atomic mass is 9.95. The van der Waals surface area contributed by atoms with Gasteiger partial charge in [0.1, 0.15) is 25.4 Å². The van der Waals surface area contributed by atoms with Gasteiger partial charge in [-0.2, -0.15) is 0 Å². The Morgan fingerprint density at radius 1 is 1.22 bits per heavy atom. The van der Waals surface area contributed by atoms with Gasteiger partial charge in [-0.3, -0.25) is 4.79 Å². The molecule has 5 heteroatoms. The number of carbonyl (C=O) groups is 1. The number of benzene rings is 2. The van der Waals surface area contributed by atoms with Crippen molar-refractivity contribution < 1.29 is 19.5 Å². The van der Waals surface area contributed by atoms with Crippen LogP contribution >= 0.6 is 0 Å². The average Bonchev–Trinajstić information content (AvgIpc) is 2.55. The lowest BCUT2D eigenvalue weighted by Gasteiger charge is -2.15. The second-order valence-electron chi connectivity index (χ2n) is 5.01. The van der Waals surface area contributed by atoms with Gasteiger partial charge in [-0.15, -0.1) is 0 Å². The third-order valence-electron chi connectivity index (χ3n) is 3.45. The summed E-state index contributed by atoms with van der Waals surface area (Å²) in [5.41, 5.74) is 2.46. The van der Waals surface area contributed by atoms with Crippen LogP contribution in [0.3, 0.4) is 0 Å². The number of para-hydroxylation sites is 1. The van der Waals surface area contributed by atoms with Gasteiger partial charge in [0, 0.05) is 0 Å². The summed E-state index contributed by atoms with van der Waals surface area (Å²) in [5, 5.41) is 13.0. The van der Waals surface area contributed by atoms with Crippen LogP contribution in [0.5, 0.6) is 5.75 Å². The molecule has 0 bridgehead atoms.